The number of carbonyl (C=O) groups excluding carboxylic acids is 1. The number of carboxylic acid groups (broad SMARTS) is 1. The molecular formula is C16H16N2O3. The lowest BCUT2D eigenvalue weighted by Gasteiger charge is -2.15. The first-order valence-corrected chi connectivity index (χ1v) is 6.44. The van der Waals surface area contributed by atoms with E-state index in [9.17, 15) is 14.7 Å². The Balaban J connectivity index is 2.41. The van der Waals surface area contributed by atoms with Gasteiger partial charge in [0.05, 0.1) is 0 Å². The third-order valence-electron chi connectivity index (χ3n) is 3.22. The van der Waals surface area contributed by atoms with Gasteiger partial charge in [0.25, 0.3) is 0 Å². The van der Waals surface area contributed by atoms with Gasteiger partial charge in [0, 0.05) is 5.69 Å². The number of rotatable bonds is 4. The molecule has 0 aliphatic carbocycles. The zero-order valence-corrected chi connectivity index (χ0v) is 11.5. The lowest BCUT2D eigenvalue weighted by atomic mass is 9.90. The average molecular weight is 284 g/mol. The molecule has 0 aromatic heterocycles. The molecule has 4 N–H and O–H groups in total. The number of carboxylic acids is 1. The molecule has 0 bridgehead atoms. The SMILES string of the molecule is Cc1cc(C(C(=O)O)c2ccccc2)ccc1NC(N)=O. The number of aliphatic carboxylic acids is 1. The van der Waals surface area contributed by atoms with Crippen molar-refractivity contribution in [3.63, 3.8) is 0 Å². The van der Waals surface area contributed by atoms with Crippen molar-refractivity contribution in [1.29, 1.82) is 0 Å². The highest BCUT2D eigenvalue weighted by molar-refractivity contribution is 5.89. The van der Waals surface area contributed by atoms with E-state index in [0.717, 1.165) is 5.56 Å². The molecule has 0 radical (unpaired) electrons. The highest BCUT2D eigenvalue weighted by atomic mass is 16.4. The number of nitrogens with one attached hydrogen (secondary N) is 1. The predicted molar refractivity (Wildman–Crippen MR) is 80.3 cm³/mol. The minimum absolute atomic E-state index is 0.573. The molecule has 5 nitrogen and oxygen atoms in total. The molecule has 5 heteroatoms. The number of hydrogen-bond donors (Lipinski definition) is 3. The molecule has 21 heavy (non-hydrogen) atoms. The summed E-state index contributed by atoms with van der Waals surface area (Å²) in [5.74, 6) is -1.66. The Kier molecular flexibility index (Phi) is 4.23. The van der Waals surface area contributed by atoms with Gasteiger partial charge in [0.2, 0.25) is 0 Å². The number of hydrogen-bond acceptors (Lipinski definition) is 2. The van der Waals surface area contributed by atoms with Crippen LogP contribution in [-0.2, 0) is 4.79 Å². The molecule has 1 unspecified atom stereocenters. The summed E-state index contributed by atoms with van der Waals surface area (Å²) in [5, 5.41) is 12.0. The Morgan fingerprint density at radius 3 is 2.29 bits per heavy atom. The summed E-state index contributed by atoms with van der Waals surface area (Å²) >= 11 is 0. The third-order valence-corrected chi connectivity index (χ3v) is 3.22. The number of carbonyl (C=O) groups is 2. The van der Waals surface area contributed by atoms with Gasteiger partial charge in [0.15, 0.2) is 0 Å². The number of benzene rings is 2. The van der Waals surface area contributed by atoms with Crippen molar-refractivity contribution in [2.45, 2.75) is 12.8 Å². The van der Waals surface area contributed by atoms with Gasteiger partial charge in [0.1, 0.15) is 5.92 Å². The Morgan fingerprint density at radius 1 is 1.10 bits per heavy atom. The van der Waals surface area contributed by atoms with Crippen LogP contribution in [-0.4, -0.2) is 17.1 Å². The predicted octanol–water partition coefficient (Wildman–Crippen LogP) is 2.70. The van der Waals surface area contributed by atoms with Crippen LogP contribution in [0.25, 0.3) is 0 Å². The van der Waals surface area contributed by atoms with E-state index in [-0.39, 0.29) is 0 Å². The molecule has 1 atom stereocenters. The second kappa shape index (κ2) is 6.09. The van der Waals surface area contributed by atoms with E-state index in [1.807, 2.05) is 6.07 Å². The van der Waals surface area contributed by atoms with Crippen molar-refractivity contribution < 1.29 is 14.7 Å². The van der Waals surface area contributed by atoms with E-state index in [0.29, 0.717) is 16.8 Å². The van der Waals surface area contributed by atoms with Gasteiger partial charge < -0.3 is 16.2 Å². The highest BCUT2D eigenvalue weighted by Gasteiger charge is 2.22. The molecule has 2 amide bonds. The van der Waals surface area contributed by atoms with E-state index in [1.165, 1.54) is 0 Å². The van der Waals surface area contributed by atoms with E-state index >= 15 is 0 Å². The quantitative estimate of drug-likeness (QED) is 0.806. The molecule has 2 aromatic rings. The molecule has 2 rings (SSSR count). The molecule has 0 aliphatic heterocycles. The third kappa shape index (κ3) is 3.39. The summed E-state index contributed by atoms with van der Waals surface area (Å²) in [7, 11) is 0. The first-order valence-electron chi connectivity index (χ1n) is 6.44. The topological polar surface area (TPSA) is 92.4 Å². The van der Waals surface area contributed by atoms with Crippen molar-refractivity contribution >= 4 is 17.7 Å². The number of aryl methyl sites for hydroxylation is 1. The molecule has 0 aliphatic rings. The van der Waals surface area contributed by atoms with Gasteiger partial charge in [-0.25, -0.2) is 4.79 Å². The van der Waals surface area contributed by atoms with E-state index < -0.39 is 17.9 Å². The lowest BCUT2D eigenvalue weighted by Crippen LogP contribution is -2.20. The van der Waals surface area contributed by atoms with Gasteiger partial charge in [-0.1, -0.05) is 42.5 Å². The second-order valence-corrected chi connectivity index (χ2v) is 4.75. The van der Waals surface area contributed by atoms with Gasteiger partial charge in [-0.3, -0.25) is 4.79 Å². The normalized spacial score (nSPS) is 11.7. The van der Waals surface area contributed by atoms with Crippen LogP contribution < -0.4 is 11.1 Å². The maximum Gasteiger partial charge on any atom is 0.316 e. The first kappa shape index (κ1) is 14.6. The van der Waals surface area contributed by atoms with Crippen molar-refractivity contribution in [3.8, 4) is 0 Å². The van der Waals surface area contributed by atoms with Crippen LogP contribution in [0.1, 0.15) is 22.6 Å². The molecule has 0 heterocycles. The van der Waals surface area contributed by atoms with E-state index in [4.69, 9.17) is 5.73 Å². The zero-order valence-electron chi connectivity index (χ0n) is 11.5. The molecule has 108 valence electrons. The van der Waals surface area contributed by atoms with Crippen molar-refractivity contribution in [2.75, 3.05) is 5.32 Å². The maximum atomic E-state index is 11.6. The summed E-state index contributed by atoms with van der Waals surface area (Å²) in [6, 6.07) is 13.5. The zero-order chi connectivity index (χ0) is 15.4. The second-order valence-electron chi connectivity index (χ2n) is 4.75. The number of urea groups is 1. The number of anilines is 1. The Morgan fingerprint density at radius 2 is 1.76 bits per heavy atom. The van der Waals surface area contributed by atoms with Gasteiger partial charge >= 0.3 is 12.0 Å². The number of primary amides is 1. The summed E-state index contributed by atoms with van der Waals surface area (Å²) in [5.41, 5.74) is 7.78. The smallest absolute Gasteiger partial charge is 0.316 e. The first-order chi connectivity index (χ1) is 9.99. The van der Waals surface area contributed by atoms with E-state index in [2.05, 4.69) is 5.32 Å². The van der Waals surface area contributed by atoms with Crippen LogP contribution in [0.15, 0.2) is 48.5 Å². The van der Waals surface area contributed by atoms with Gasteiger partial charge in [-0.15, -0.1) is 0 Å². The standard InChI is InChI=1S/C16H16N2O3/c1-10-9-12(7-8-13(10)18-16(17)21)14(15(19)20)11-5-3-2-4-6-11/h2-9,14H,1H3,(H,19,20)(H3,17,18,21). The highest BCUT2D eigenvalue weighted by Crippen LogP contribution is 2.28. The van der Waals surface area contributed by atoms with Gasteiger partial charge in [-0.2, -0.15) is 0 Å². The minimum Gasteiger partial charge on any atom is -0.481 e. The fraction of sp³-hybridized carbons (Fsp3) is 0.125. The van der Waals surface area contributed by atoms with Crippen LogP contribution in [0.3, 0.4) is 0 Å². The summed E-state index contributed by atoms with van der Waals surface area (Å²) in [6.45, 7) is 1.79. The Labute approximate surface area is 122 Å². The number of nitrogens with two attached hydrogens (primary N) is 1. The number of amides is 2. The van der Waals surface area contributed by atoms with E-state index in [1.54, 1.807) is 49.4 Å². The summed E-state index contributed by atoms with van der Waals surface area (Å²) in [4.78, 5) is 22.5. The molecular weight excluding hydrogens is 268 g/mol. The maximum absolute atomic E-state index is 11.6. The van der Waals surface area contributed by atoms with Gasteiger partial charge in [-0.05, 0) is 29.7 Å². The molecule has 0 saturated heterocycles. The molecule has 0 fully saturated rings. The molecule has 2 aromatic carbocycles. The summed E-state index contributed by atoms with van der Waals surface area (Å²) < 4.78 is 0. The minimum atomic E-state index is -0.920. The van der Waals surface area contributed by atoms with Crippen molar-refractivity contribution in [3.05, 3.63) is 65.2 Å². The fourth-order valence-electron chi connectivity index (χ4n) is 2.26. The monoisotopic (exact) mass is 284 g/mol. The largest absolute Gasteiger partial charge is 0.481 e. The van der Waals surface area contributed by atoms with Crippen molar-refractivity contribution in [2.24, 2.45) is 5.73 Å². The van der Waals surface area contributed by atoms with Crippen molar-refractivity contribution in [1.82, 2.24) is 0 Å². The lowest BCUT2D eigenvalue weighted by molar-refractivity contribution is -0.137. The van der Waals surface area contributed by atoms with Crippen LogP contribution in [0.5, 0.6) is 0 Å². The molecule has 0 saturated carbocycles. The molecule has 0 spiro atoms. The average Bonchev–Trinajstić information content (AvgIpc) is 2.42. The Bertz CT molecular complexity index is 668. The Hall–Kier alpha value is -2.82. The summed E-state index contributed by atoms with van der Waals surface area (Å²) in [6.07, 6.45) is 0. The van der Waals surface area contributed by atoms with Crippen LogP contribution in [0, 0.1) is 6.92 Å². The fourth-order valence-corrected chi connectivity index (χ4v) is 2.26. The van der Waals surface area contributed by atoms with Crippen LogP contribution >= 0.6 is 0 Å². The van der Waals surface area contributed by atoms with Crippen LogP contribution in [0.4, 0.5) is 10.5 Å². The van der Waals surface area contributed by atoms with Crippen LogP contribution in [0.2, 0.25) is 0 Å².